The number of benzene rings is 2. The predicted molar refractivity (Wildman–Crippen MR) is 104 cm³/mol. The fraction of sp³-hybridized carbons (Fsp3) is 0.333. The van der Waals surface area contributed by atoms with Crippen molar-refractivity contribution in [1.82, 2.24) is 14.5 Å². The maximum Gasteiger partial charge on any atom is 0.253 e. The molecular weight excluding hydrogens is 324 g/mol. The van der Waals surface area contributed by atoms with E-state index in [1.54, 1.807) is 12.1 Å². The van der Waals surface area contributed by atoms with Gasteiger partial charge in [0.05, 0.1) is 11.0 Å². The molecule has 1 fully saturated rings. The Bertz CT molecular complexity index is 921. The van der Waals surface area contributed by atoms with E-state index in [-0.39, 0.29) is 5.91 Å². The molecule has 1 amide bonds. The molecule has 5 heteroatoms. The van der Waals surface area contributed by atoms with Gasteiger partial charge in [-0.3, -0.25) is 4.79 Å². The number of nitrogens with zero attached hydrogens (tertiary/aromatic N) is 3. The van der Waals surface area contributed by atoms with Crippen molar-refractivity contribution >= 4 is 22.6 Å². The number of amides is 1. The smallest absolute Gasteiger partial charge is 0.253 e. The van der Waals surface area contributed by atoms with Crippen LogP contribution in [0.25, 0.3) is 11.0 Å². The minimum absolute atomic E-state index is 0.0923. The molecule has 4 rings (SSSR count). The van der Waals surface area contributed by atoms with E-state index in [1.807, 2.05) is 23.1 Å². The van der Waals surface area contributed by atoms with Gasteiger partial charge >= 0.3 is 0 Å². The number of hydrogen-bond donors (Lipinski definition) is 1. The Labute approximate surface area is 153 Å². The number of nitrogen functional groups attached to an aromatic ring is 1. The number of carbonyl (C=O) groups excluding carboxylic acids is 1. The Morgan fingerprint density at radius 1 is 1.12 bits per heavy atom. The summed E-state index contributed by atoms with van der Waals surface area (Å²) in [6, 6.07) is 15.9. The van der Waals surface area contributed by atoms with Crippen LogP contribution in [0.4, 0.5) is 5.69 Å². The summed E-state index contributed by atoms with van der Waals surface area (Å²) in [5, 5.41) is 0. The normalized spacial score (nSPS) is 15.5. The molecule has 3 aromatic rings. The number of nitrogens with two attached hydrogens (primary N) is 1. The fourth-order valence-corrected chi connectivity index (χ4v) is 3.89. The number of para-hydroxylation sites is 2. The number of hydrogen-bond acceptors (Lipinski definition) is 3. The number of fused-ring (bicyclic) bond motifs is 1. The highest BCUT2D eigenvalue weighted by molar-refractivity contribution is 5.94. The second-order valence-corrected chi connectivity index (χ2v) is 6.89. The topological polar surface area (TPSA) is 64.2 Å². The van der Waals surface area contributed by atoms with Crippen LogP contribution < -0.4 is 5.73 Å². The molecule has 0 radical (unpaired) electrons. The summed E-state index contributed by atoms with van der Waals surface area (Å²) < 4.78 is 2.39. The average Bonchev–Trinajstić information content (AvgIpc) is 3.07. The van der Waals surface area contributed by atoms with Crippen LogP contribution in [0, 0.1) is 0 Å². The molecule has 0 atom stereocenters. The van der Waals surface area contributed by atoms with Gasteiger partial charge in [-0.2, -0.15) is 0 Å². The summed E-state index contributed by atoms with van der Waals surface area (Å²) in [5.74, 6) is 1.23. The third-order valence-electron chi connectivity index (χ3n) is 5.26. The van der Waals surface area contributed by atoms with Gasteiger partial charge in [0.1, 0.15) is 5.82 Å². The Balaban J connectivity index is 1.52. The highest BCUT2D eigenvalue weighted by Crippen LogP contribution is 2.29. The number of rotatable bonds is 3. The molecular formula is C21H24N4O. The summed E-state index contributed by atoms with van der Waals surface area (Å²) in [5.41, 5.74) is 9.37. The molecule has 0 unspecified atom stereocenters. The molecule has 0 aliphatic carbocycles. The lowest BCUT2D eigenvalue weighted by atomic mass is 10.0. The Hall–Kier alpha value is -2.82. The molecule has 0 spiro atoms. The largest absolute Gasteiger partial charge is 0.399 e. The molecule has 5 nitrogen and oxygen atoms in total. The Morgan fingerprint density at radius 3 is 2.50 bits per heavy atom. The van der Waals surface area contributed by atoms with Gasteiger partial charge in [0, 0.05) is 36.8 Å². The van der Waals surface area contributed by atoms with Crippen molar-refractivity contribution in [2.75, 3.05) is 18.8 Å². The third-order valence-corrected chi connectivity index (χ3v) is 5.26. The van der Waals surface area contributed by atoms with E-state index < -0.39 is 0 Å². The lowest BCUT2D eigenvalue weighted by Gasteiger charge is -2.33. The highest BCUT2D eigenvalue weighted by atomic mass is 16.2. The molecule has 1 saturated heterocycles. The zero-order valence-electron chi connectivity index (χ0n) is 15.1. The van der Waals surface area contributed by atoms with Crippen LogP contribution in [0.1, 0.15) is 42.0 Å². The number of aryl methyl sites for hydroxylation is 1. The summed E-state index contributed by atoms with van der Waals surface area (Å²) in [6.07, 6.45) is 2.82. The number of aromatic nitrogens is 2. The lowest BCUT2D eigenvalue weighted by Crippen LogP contribution is -2.39. The number of piperidine rings is 1. The summed E-state index contributed by atoms with van der Waals surface area (Å²) in [4.78, 5) is 19.4. The van der Waals surface area contributed by atoms with Gasteiger partial charge in [-0.15, -0.1) is 0 Å². The molecule has 26 heavy (non-hydrogen) atoms. The van der Waals surface area contributed by atoms with Crippen molar-refractivity contribution in [2.24, 2.45) is 0 Å². The zero-order valence-corrected chi connectivity index (χ0v) is 15.1. The van der Waals surface area contributed by atoms with Gasteiger partial charge in [0.2, 0.25) is 0 Å². The second-order valence-electron chi connectivity index (χ2n) is 6.89. The minimum Gasteiger partial charge on any atom is -0.399 e. The van der Waals surface area contributed by atoms with Crippen molar-refractivity contribution in [3.63, 3.8) is 0 Å². The summed E-state index contributed by atoms with van der Waals surface area (Å²) in [7, 11) is 0. The van der Waals surface area contributed by atoms with Crippen molar-refractivity contribution < 1.29 is 4.79 Å². The van der Waals surface area contributed by atoms with Crippen LogP contribution in [-0.4, -0.2) is 33.4 Å². The molecule has 134 valence electrons. The number of carbonyl (C=O) groups is 1. The molecule has 0 saturated carbocycles. The number of imidazole rings is 1. The summed E-state index contributed by atoms with van der Waals surface area (Å²) in [6.45, 7) is 3.69. The van der Waals surface area contributed by atoms with E-state index in [9.17, 15) is 4.79 Å². The summed E-state index contributed by atoms with van der Waals surface area (Å²) >= 11 is 0. The van der Waals surface area contributed by atoms with Crippen LogP contribution in [0.2, 0.25) is 0 Å². The maximum absolute atomic E-state index is 12.7. The average molecular weight is 348 g/mol. The number of likely N-dealkylation sites (tertiary alicyclic amines) is 1. The van der Waals surface area contributed by atoms with E-state index in [2.05, 4.69) is 29.7 Å². The van der Waals surface area contributed by atoms with Crippen molar-refractivity contribution in [3.05, 3.63) is 59.9 Å². The first kappa shape index (κ1) is 16.6. The van der Waals surface area contributed by atoms with Crippen LogP contribution in [-0.2, 0) is 6.42 Å². The van der Waals surface area contributed by atoms with Gasteiger partial charge in [-0.05, 0) is 49.2 Å². The van der Waals surface area contributed by atoms with Crippen LogP contribution in [0.5, 0.6) is 0 Å². The van der Waals surface area contributed by atoms with E-state index in [0.717, 1.165) is 43.7 Å². The van der Waals surface area contributed by atoms with E-state index in [4.69, 9.17) is 10.7 Å². The molecule has 1 aliphatic rings. The molecule has 2 heterocycles. The SMILES string of the molecule is CCc1nc2ccccc2n1C1CCN(C(=O)c2ccc(N)cc2)CC1. The lowest BCUT2D eigenvalue weighted by molar-refractivity contribution is 0.0695. The first-order valence-electron chi connectivity index (χ1n) is 9.28. The van der Waals surface area contributed by atoms with Crippen LogP contribution in [0.3, 0.4) is 0 Å². The Morgan fingerprint density at radius 2 is 1.81 bits per heavy atom. The molecule has 0 bridgehead atoms. The van der Waals surface area contributed by atoms with Gasteiger partial charge in [0.25, 0.3) is 5.91 Å². The zero-order chi connectivity index (χ0) is 18.1. The standard InChI is InChI=1S/C21H24N4O/c1-2-20-23-18-5-3-4-6-19(18)25(20)17-11-13-24(14-12-17)21(26)15-7-9-16(22)10-8-15/h3-10,17H,2,11-14,22H2,1H3. The van der Waals surface area contributed by atoms with Gasteiger partial charge < -0.3 is 15.2 Å². The first-order chi connectivity index (χ1) is 12.7. The first-order valence-corrected chi connectivity index (χ1v) is 9.28. The predicted octanol–water partition coefficient (Wildman–Crippen LogP) is 3.66. The van der Waals surface area contributed by atoms with E-state index in [1.165, 1.54) is 5.52 Å². The van der Waals surface area contributed by atoms with Gasteiger partial charge in [-0.25, -0.2) is 4.98 Å². The van der Waals surface area contributed by atoms with Crippen LogP contribution >= 0.6 is 0 Å². The van der Waals surface area contributed by atoms with E-state index >= 15 is 0 Å². The van der Waals surface area contributed by atoms with Crippen LogP contribution in [0.15, 0.2) is 48.5 Å². The minimum atomic E-state index is 0.0923. The quantitative estimate of drug-likeness (QED) is 0.735. The van der Waals surface area contributed by atoms with Crippen molar-refractivity contribution in [1.29, 1.82) is 0 Å². The monoisotopic (exact) mass is 348 g/mol. The van der Waals surface area contributed by atoms with E-state index in [0.29, 0.717) is 17.3 Å². The second kappa shape index (κ2) is 6.83. The molecule has 2 aromatic carbocycles. The van der Waals surface area contributed by atoms with Gasteiger partial charge in [-0.1, -0.05) is 19.1 Å². The van der Waals surface area contributed by atoms with Crippen molar-refractivity contribution in [2.45, 2.75) is 32.2 Å². The third kappa shape index (κ3) is 2.94. The fourth-order valence-electron chi connectivity index (χ4n) is 3.89. The molecule has 2 N–H and O–H groups in total. The van der Waals surface area contributed by atoms with Crippen molar-refractivity contribution in [3.8, 4) is 0 Å². The highest BCUT2D eigenvalue weighted by Gasteiger charge is 2.26. The Kier molecular flexibility index (Phi) is 4.37. The number of anilines is 1. The van der Waals surface area contributed by atoms with Gasteiger partial charge in [0.15, 0.2) is 0 Å². The molecule has 1 aliphatic heterocycles. The maximum atomic E-state index is 12.7. The molecule has 1 aromatic heterocycles.